The van der Waals surface area contributed by atoms with Crippen molar-refractivity contribution in [3.63, 3.8) is 0 Å². The Morgan fingerprint density at radius 1 is 1.24 bits per heavy atom. The minimum atomic E-state index is -4.28. The summed E-state index contributed by atoms with van der Waals surface area (Å²) in [6.07, 6.45) is 1.75. The van der Waals surface area contributed by atoms with Crippen LogP contribution in [0.1, 0.15) is 36.5 Å². The van der Waals surface area contributed by atoms with Crippen LogP contribution in [0.3, 0.4) is 0 Å². The second-order valence-corrected chi connectivity index (χ2v) is 9.48. The van der Waals surface area contributed by atoms with Crippen molar-refractivity contribution in [1.82, 2.24) is 5.32 Å². The standard InChI is InChI=1S/C22H29N3O7S.ClH/c1-25(33(29,30)31)17-9-4-14(5-10-17)3-7-16-8-12-19(23-16)21(27)15-6-11-18(20(26)13-15)24-22(28)32-2;/h4-6,9-11,13,16,19,21,23,26-27H,3,7-8,12H2,1-2H3,(H,24,28)(H,29,30,31);1H. The molecule has 0 bridgehead atoms. The van der Waals surface area contributed by atoms with E-state index in [1.807, 2.05) is 12.1 Å². The predicted molar refractivity (Wildman–Crippen MR) is 131 cm³/mol. The molecule has 12 heteroatoms. The van der Waals surface area contributed by atoms with Crippen molar-refractivity contribution in [2.75, 3.05) is 23.8 Å². The zero-order chi connectivity index (χ0) is 24.2. The number of phenols is 1. The molecule has 3 rings (SSSR count). The van der Waals surface area contributed by atoms with E-state index in [1.165, 1.54) is 26.3 Å². The molecule has 1 aliphatic rings. The molecule has 1 heterocycles. The largest absolute Gasteiger partial charge is 0.506 e. The van der Waals surface area contributed by atoms with Crippen LogP contribution in [0.5, 0.6) is 5.75 Å². The van der Waals surface area contributed by atoms with Gasteiger partial charge < -0.3 is 20.3 Å². The van der Waals surface area contributed by atoms with Crippen molar-refractivity contribution in [1.29, 1.82) is 0 Å². The number of anilines is 2. The molecule has 2 aromatic rings. The number of rotatable bonds is 8. The van der Waals surface area contributed by atoms with Crippen LogP contribution in [0.4, 0.5) is 16.2 Å². The van der Waals surface area contributed by atoms with E-state index in [9.17, 15) is 23.4 Å². The monoisotopic (exact) mass is 515 g/mol. The Morgan fingerprint density at radius 3 is 2.50 bits per heavy atom. The minimum absolute atomic E-state index is 0. The Balaban J connectivity index is 0.00000408. The summed E-state index contributed by atoms with van der Waals surface area (Å²) in [6, 6.07) is 11.6. The van der Waals surface area contributed by atoms with Gasteiger partial charge in [0, 0.05) is 19.1 Å². The lowest BCUT2D eigenvalue weighted by Gasteiger charge is -2.21. The van der Waals surface area contributed by atoms with Crippen LogP contribution in [-0.2, 0) is 21.5 Å². The van der Waals surface area contributed by atoms with E-state index in [4.69, 9.17) is 4.55 Å². The molecular weight excluding hydrogens is 486 g/mol. The fourth-order valence-electron chi connectivity index (χ4n) is 3.91. The molecule has 0 aromatic heterocycles. The summed E-state index contributed by atoms with van der Waals surface area (Å²) in [7, 11) is -1.78. The number of halogens is 1. The summed E-state index contributed by atoms with van der Waals surface area (Å²) in [5.41, 5.74) is 2.15. The summed E-state index contributed by atoms with van der Waals surface area (Å²) in [5.74, 6) is -0.158. The van der Waals surface area contributed by atoms with E-state index < -0.39 is 22.5 Å². The van der Waals surface area contributed by atoms with Gasteiger partial charge in [0.25, 0.3) is 0 Å². The lowest BCUT2D eigenvalue weighted by molar-refractivity contribution is 0.134. The summed E-state index contributed by atoms with van der Waals surface area (Å²) in [4.78, 5) is 11.3. The maximum atomic E-state index is 11.3. The van der Waals surface area contributed by atoms with Crippen LogP contribution in [0, 0.1) is 0 Å². The first kappa shape index (κ1) is 27.7. The van der Waals surface area contributed by atoms with Gasteiger partial charge in [-0.15, -0.1) is 12.4 Å². The molecule has 0 saturated carbocycles. The first-order chi connectivity index (χ1) is 15.6. The van der Waals surface area contributed by atoms with E-state index in [0.717, 1.165) is 35.6 Å². The number of benzene rings is 2. The van der Waals surface area contributed by atoms with E-state index in [0.29, 0.717) is 11.3 Å². The molecule has 0 radical (unpaired) electrons. The molecule has 10 nitrogen and oxygen atoms in total. The normalized spacial score (nSPS) is 18.6. The number of hydrogen-bond acceptors (Lipinski definition) is 7. The second kappa shape index (κ2) is 11.7. The molecule has 0 aliphatic carbocycles. The van der Waals surface area contributed by atoms with Gasteiger partial charge in [0.1, 0.15) is 5.75 Å². The van der Waals surface area contributed by atoms with Gasteiger partial charge in [0.05, 0.1) is 24.6 Å². The minimum Gasteiger partial charge on any atom is -0.506 e. The highest BCUT2D eigenvalue weighted by atomic mass is 35.5. The zero-order valence-corrected chi connectivity index (χ0v) is 20.5. The number of phenolic OH excluding ortho intramolecular Hbond substituents is 1. The average molecular weight is 516 g/mol. The highest BCUT2D eigenvalue weighted by molar-refractivity contribution is 7.87. The molecule has 2 aromatic carbocycles. The highest BCUT2D eigenvalue weighted by Crippen LogP contribution is 2.32. The van der Waals surface area contributed by atoms with Gasteiger partial charge in [-0.25, -0.2) is 4.79 Å². The molecule has 34 heavy (non-hydrogen) atoms. The van der Waals surface area contributed by atoms with Crippen molar-refractivity contribution in [3.05, 3.63) is 53.6 Å². The Hall–Kier alpha value is -2.57. The number of aliphatic hydroxyl groups excluding tert-OH is 1. The lowest BCUT2D eigenvalue weighted by Crippen LogP contribution is -2.34. The van der Waals surface area contributed by atoms with E-state index >= 15 is 0 Å². The Bertz CT molecular complexity index is 1080. The summed E-state index contributed by atoms with van der Waals surface area (Å²) in [6.45, 7) is 0. The summed E-state index contributed by atoms with van der Waals surface area (Å²) >= 11 is 0. The molecule has 1 aliphatic heterocycles. The third-order valence-electron chi connectivity index (χ3n) is 5.87. The Kier molecular flexibility index (Phi) is 9.54. The van der Waals surface area contributed by atoms with Crippen molar-refractivity contribution >= 4 is 40.2 Å². The van der Waals surface area contributed by atoms with Crippen molar-refractivity contribution in [3.8, 4) is 5.75 Å². The van der Waals surface area contributed by atoms with Crippen molar-refractivity contribution < 1.29 is 32.7 Å². The van der Waals surface area contributed by atoms with E-state index in [2.05, 4.69) is 15.4 Å². The van der Waals surface area contributed by atoms with Gasteiger partial charge in [-0.3, -0.25) is 14.2 Å². The molecule has 1 saturated heterocycles. The lowest BCUT2D eigenvalue weighted by atomic mass is 10.00. The Labute approximate surface area is 205 Å². The first-order valence-corrected chi connectivity index (χ1v) is 11.9. The first-order valence-electron chi connectivity index (χ1n) is 10.5. The number of aromatic hydroxyl groups is 1. The van der Waals surface area contributed by atoms with Crippen molar-refractivity contribution in [2.45, 2.75) is 43.9 Å². The molecule has 3 atom stereocenters. The quantitative estimate of drug-likeness (QED) is 0.266. The van der Waals surface area contributed by atoms with Crippen LogP contribution >= 0.6 is 12.4 Å². The van der Waals surface area contributed by atoms with Crippen LogP contribution in [0.25, 0.3) is 0 Å². The van der Waals surface area contributed by atoms with Crippen LogP contribution in [-0.4, -0.2) is 55.5 Å². The Morgan fingerprint density at radius 2 is 1.91 bits per heavy atom. The molecule has 188 valence electrons. The highest BCUT2D eigenvalue weighted by Gasteiger charge is 2.30. The third-order valence-corrected chi connectivity index (χ3v) is 6.77. The molecule has 3 unspecified atom stereocenters. The summed E-state index contributed by atoms with van der Waals surface area (Å²) in [5, 5.41) is 26.7. The number of carbonyl (C=O) groups is 1. The number of aliphatic hydroxyl groups is 1. The molecule has 0 spiro atoms. The van der Waals surface area contributed by atoms with Crippen LogP contribution < -0.4 is 14.9 Å². The molecule has 5 N–H and O–H groups in total. The topological polar surface area (TPSA) is 148 Å². The molecular formula is C22H30ClN3O7S. The number of nitrogens with one attached hydrogen (secondary N) is 2. The maximum Gasteiger partial charge on any atom is 0.411 e. The number of nitrogens with zero attached hydrogens (tertiary/aromatic N) is 1. The average Bonchev–Trinajstić information content (AvgIpc) is 3.26. The number of ether oxygens (including phenoxy) is 1. The van der Waals surface area contributed by atoms with Gasteiger partial charge in [-0.2, -0.15) is 8.42 Å². The van der Waals surface area contributed by atoms with Gasteiger partial charge in [-0.05, 0) is 61.1 Å². The van der Waals surface area contributed by atoms with E-state index in [1.54, 1.807) is 18.2 Å². The number of aryl methyl sites for hydroxylation is 1. The molecule has 1 fully saturated rings. The van der Waals surface area contributed by atoms with Gasteiger partial charge in [0.15, 0.2) is 0 Å². The zero-order valence-electron chi connectivity index (χ0n) is 18.8. The van der Waals surface area contributed by atoms with Gasteiger partial charge in [-0.1, -0.05) is 18.2 Å². The molecule has 1 amide bonds. The van der Waals surface area contributed by atoms with Crippen molar-refractivity contribution in [2.24, 2.45) is 0 Å². The fourth-order valence-corrected chi connectivity index (χ4v) is 4.29. The SMILES string of the molecule is COC(=O)Nc1ccc(C(O)C2CCC(CCc3ccc(N(C)S(=O)(=O)O)cc3)N2)cc1O.Cl. The fraction of sp³-hybridized carbons (Fsp3) is 0.409. The smallest absolute Gasteiger partial charge is 0.411 e. The van der Waals surface area contributed by atoms with Crippen LogP contribution in [0.2, 0.25) is 0 Å². The second-order valence-electron chi connectivity index (χ2n) is 8.04. The maximum absolute atomic E-state index is 11.3. The summed E-state index contributed by atoms with van der Waals surface area (Å²) < 4.78 is 36.8. The number of hydrogen-bond donors (Lipinski definition) is 5. The third kappa shape index (κ3) is 6.97. The van der Waals surface area contributed by atoms with Gasteiger partial charge in [0.2, 0.25) is 0 Å². The predicted octanol–water partition coefficient (Wildman–Crippen LogP) is 3.02. The van der Waals surface area contributed by atoms with Crippen LogP contribution in [0.15, 0.2) is 42.5 Å². The number of amides is 1. The number of carbonyl (C=O) groups excluding carboxylic acids is 1. The number of methoxy groups -OCH3 is 1. The van der Waals surface area contributed by atoms with E-state index in [-0.39, 0.29) is 35.9 Å². The van der Waals surface area contributed by atoms with Gasteiger partial charge >= 0.3 is 16.4 Å².